The second-order valence-corrected chi connectivity index (χ2v) is 5.40. The van der Waals surface area contributed by atoms with Crippen molar-refractivity contribution in [3.05, 3.63) is 46.2 Å². The van der Waals surface area contributed by atoms with Gasteiger partial charge in [-0.05, 0) is 37.0 Å². The third-order valence-electron chi connectivity index (χ3n) is 3.07. The average molecular weight is 245 g/mol. The van der Waals surface area contributed by atoms with Crippen molar-refractivity contribution in [2.24, 2.45) is 0 Å². The lowest BCUT2D eigenvalue weighted by atomic mass is 10.0. The van der Waals surface area contributed by atoms with Gasteiger partial charge in [0.05, 0.1) is 6.04 Å². The number of aryl methyl sites for hydroxylation is 1. The molecule has 1 unspecified atom stereocenters. The molecule has 1 fully saturated rings. The van der Waals surface area contributed by atoms with E-state index in [1.165, 1.54) is 24.0 Å². The maximum Gasteiger partial charge on any atom is 0.114 e. The normalized spacial score (nSPS) is 17.0. The van der Waals surface area contributed by atoms with Crippen molar-refractivity contribution in [1.29, 1.82) is 0 Å². The fourth-order valence-corrected chi connectivity index (χ4v) is 2.65. The first-order valence-corrected chi connectivity index (χ1v) is 6.78. The Bertz CT molecular complexity index is 491. The molecule has 4 heteroatoms. The van der Waals surface area contributed by atoms with Gasteiger partial charge in [-0.1, -0.05) is 0 Å². The molecule has 0 spiro atoms. The predicted octanol–water partition coefficient (Wildman–Crippen LogP) is 2.69. The zero-order valence-electron chi connectivity index (χ0n) is 9.76. The lowest BCUT2D eigenvalue weighted by molar-refractivity contribution is 0.594. The van der Waals surface area contributed by atoms with Crippen molar-refractivity contribution in [2.75, 3.05) is 0 Å². The minimum absolute atomic E-state index is 0.205. The number of pyridine rings is 1. The molecule has 3 rings (SSSR count). The number of aromatic nitrogens is 2. The van der Waals surface area contributed by atoms with Crippen molar-refractivity contribution < 1.29 is 0 Å². The minimum atomic E-state index is 0.205. The average Bonchev–Trinajstić information content (AvgIpc) is 3.00. The van der Waals surface area contributed by atoms with E-state index in [-0.39, 0.29) is 6.04 Å². The van der Waals surface area contributed by atoms with E-state index in [1.807, 2.05) is 24.0 Å². The molecule has 2 aromatic heterocycles. The molecule has 0 radical (unpaired) electrons. The Balaban J connectivity index is 1.95. The molecule has 0 aromatic carbocycles. The molecule has 88 valence electrons. The van der Waals surface area contributed by atoms with Gasteiger partial charge in [-0.15, -0.1) is 11.3 Å². The Hall–Kier alpha value is -1.26. The van der Waals surface area contributed by atoms with Crippen LogP contribution in [0, 0.1) is 6.92 Å². The third kappa shape index (κ3) is 2.37. The molecule has 3 nitrogen and oxygen atoms in total. The Labute approximate surface area is 105 Å². The molecule has 2 heterocycles. The van der Waals surface area contributed by atoms with Crippen LogP contribution in [0.15, 0.2) is 30.0 Å². The summed E-state index contributed by atoms with van der Waals surface area (Å²) in [6, 6.07) is 2.92. The van der Waals surface area contributed by atoms with Gasteiger partial charge in [0.15, 0.2) is 0 Å². The molecule has 1 aliphatic rings. The number of nitrogens with zero attached hydrogens (tertiary/aromatic N) is 2. The van der Waals surface area contributed by atoms with Crippen molar-refractivity contribution in [3.8, 4) is 0 Å². The van der Waals surface area contributed by atoms with Crippen LogP contribution in [0.5, 0.6) is 0 Å². The second-order valence-electron chi connectivity index (χ2n) is 4.48. The molecule has 1 saturated carbocycles. The summed E-state index contributed by atoms with van der Waals surface area (Å²) >= 11 is 1.70. The van der Waals surface area contributed by atoms with Crippen LogP contribution in [0.25, 0.3) is 0 Å². The summed E-state index contributed by atoms with van der Waals surface area (Å²) in [5.74, 6) is 0. The first-order valence-electron chi connectivity index (χ1n) is 5.90. The number of thiazole rings is 1. The molecular formula is C13H15N3S. The van der Waals surface area contributed by atoms with Gasteiger partial charge < -0.3 is 5.32 Å². The lowest BCUT2D eigenvalue weighted by Crippen LogP contribution is -2.25. The van der Waals surface area contributed by atoms with Crippen molar-refractivity contribution in [3.63, 3.8) is 0 Å². The van der Waals surface area contributed by atoms with Crippen LogP contribution in [0.3, 0.4) is 0 Å². The highest BCUT2D eigenvalue weighted by Crippen LogP contribution is 2.30. The topological polar surface area (TPSA) is 37.8 Å². The number of rotatable bonds is 4. The van der Waals surface area contributed by atoms with Crippen molar-refractivity contribution in [1.82, 2.24) is 15.3 Å². The summed E-state index contributed by atoms with van der Waals surface area (Å²) in [5, 5.41) is 6.82. The highest BCUT2D eigenvalue weighted by atomic mass is 32.1. The standard InChI is InChI=1S/C13H15N3S/c1-9-4-5-14-8-11(9)12(16-10-2-3-10)13-15-6-7-17-13/h4-8,10,12,16H,2-3H2,1H3. The quantitative estimate of drug-likeness (QED) is 0.900. The molecule has 0 bridgehead atoms. The molecule has 1 N–H and O–H groups in total. The molecule has 1 aliphatic carbocycles. The zero-order valence-corrected chi connectivity index (χ0v) is 10.6. The number of hydrogen-bond acceptors (Lipinski definition) is 4. The third-order valence-corrected chi connectivity index (χ3v) is 3.91. The van der Waals surface area contributed by atoms with Gasteiger partial charge >= 0.3 is 0 Å². The number of nitrogens with one attached hydrogen (secondary N) is 1. The molecule has 0 aliphatic heterocycles. The van der Waals surface area contributed by atoms with Gasteiger partial charge in [0.25, 0.3) is 0 Å². The zero-order chi connectivity index (χ0) is 11.7. The van der Waals surface area contributed by atoms with E-state index >= 15 is 0 Å². The summed E-state index contributed by atoms with van der Waals surface area (Å²) in [7, 11) is 0. The van der Waals surface area contributed by atoms with Gasteiger partial charge in [-0.25, -0.2) is 4.98 Å². The van der Waals surface area contributed by atoms with Crippen LogP contribution >= 0.6 is 11.3 Å². The Morgan fingerprint density at radius 3 is 2.94 bits per heavy atom. The fraction of sp³-hybridized carbons (Fsp3) is 0.385. The fourth-order valence-electron chi connectivity index (χ4n) is 1.94. The number of hydrogen-bond donors (Lipinski definition) is 1. The molecule has 17 heavy (non-hydrogen) atoms. The smallest absolute Gasteiger partial charge is 0.114 e. The van der Waals surface area contributed by atoms with Gasteiger partial charge in [-0.2, -0.15) is 0 Å². The molecular weight excluding hydrogens is 230 g/mol. The van der Waals surface area contributed by atoms with Gasteiger partial charge in [0.2, 0.25) is 0 Å². The van der Waals surface area contributed by atoms with E-state index in [0.29, 0.717) is 6.04 Å². The van der Waals surface area contributed by atoms with Crippen LogP contribution < -0.4 is 5.32 Å². The second kappa shape index (κ2) is 4.55. The van der Waals surface area contributed by atoms with Crippen LogP contribution in [-0.2, 0) is 0 Å². The summed E-state index contributed by atoms with van der Waals surface area (Å²) in [5.41, 5.74) is 2.52. The summed E-state index contributed by atoms with van der Waals surface area (Å²) < 4.78 is 0. The van der Waals surface area contributed by atoms with E-state index < -0.39 is 0 Å². The molecule has 0 amide bonds. The first kappa shape index (κ1) is 10.9. The van der Waals surface area contributed by atoms with Gasteiger partial charge in [0, 0.05) is 30.0 Å². The summed E-state index contributed by atoms with van der Waals surface area (Å²) in [6.45, 7) is 2.13. The van der Waals surface area contributed by atoms with Crippen LogP contribution in [0.4, 0.5) is 0 Å². The lowest BCUT2D eigenvalue weighted by Gasteiger charge is -2.18. The highest BCUT2D eigenvalue weighted by molar-refractivity contribution is 7.09. The highest BCUT2D eigenvalue weighted by Gasteiger charge is 2.28. The van der Waals surface area contributed by atoms with Gasteiger partial charge in [0.1, 0.15) is 5.01 Å². The molecule has 2 aromatic rings. The summed E-state index contributed by atoms with van der Waals surface area (Å²) in [4.78, 5) is 8.68. The maximum absolute atomic E-state index is 4.44. The van der Waals surface area contributed by atoms with E-state index in [4.69, 9.17) is 0 Å². The van der Waals surface area contributed by atoms with Crippen molar-refractivity contribution >= 4 is 11.3 Å². The largest absolute Gasteiger partial charge is 0.301 e. The Morgan fingerprint density at radius 2 is 2.29 bits per heavy atom. The van der Waals surface area contributed by atoms with E-state index in [2.05, 4.69) is 28.3 Å². The minimum Gasteiger partial charge on any atom is -0.301 e. The predicted molar refractivity (Wildman–Crippen MR) is 69.1 cm³/mol. The summed E-state index contributed by atoms with van der Waals surface area (Å²) in [6.07, 6.45) is 8.22. The van der Waals surface area contributed by atoms with Crippen LogP contribution in [0.2, 0.25) is 0 Å². The molecule has 0 saturated heterocycles. The maximum atomic E-state index is 4.44. The van der Waals surface area contributed by atoms with Crippen LogP contribution in [0.1, 0.15) is 35.0 Å². The monoisotopic (exact) mass is 245 g/mol. The van der Waals surface area contributed by atoms with Gasteiger partial charge in [-0.3, -0.25) is 4.98 Å². The first-order chi connectivity index (χ1) is 8.34. The molecule has 1 atom stereocenters. The SMILES string of the molecule is Cc1ccncc1C(NC1CC1)c1nccs1. The van der Waals surface area contributed by atoms with E-state index in [1.54, 1.807) is 11.3 Å². The van der Waals surface area contributed by atoms with E-state index in [9.17, 15) is 0 Å². The Kier molecular flexibility index (Phi) is 2.91. The Morgan fingerprint density at radius 1 is 1.41 bits per heavy atom. The van der Waals surface area contributed by atoms with Crippen LogP contribution in [-0.4, -0.2) is 16.0 Å². The van der Waals surface area contributed by atoms with Crippen molar-refractivity contribution in [2.45, 2.75) is 31.8 Å². The van der Waals surface area contributed by atoms with E-state index in [0.717, 1.165) is 5.01 Å².